The molecule has 1 aliphatic rings. The van der Waals surface area contributed by atoms with Gasteiger partial charge in [0.2, 0.25) is 5.78 Å². The van der Waals surface area contributed by atoms with E-state index in [-0.39, 0.29) is 33.0 Å². The molecule has 0 bridgehead atoms. The number of hydrogen-bond donors (Lipinski definition) is 0. The summed E-state index contributed by atoms with van der Waals surface area (Å²) < 4.78 is 44.3. The van der Waals surface area contributed by atoms with E-state index in [9.17, 15) is 18.5 Å². The van der Waals surface area contributed by atoms with Gasteiger partial charge in [-0.25, -0.2) is 16.8 Å². The van der Waals surface area contributed by atoms with Crippen LogP contribution < -0.4 is 0 Å². The van der Waals surface area contributed by atoms with Gasteiger partial charge in [-0.15, -0.1) is 0 Å². The average Bonchev–Trinajstić information content (AvgIpc) is 3.25. The molecule has 7 nitrogen and oxygen atoms in total. The van der Waals surface area contributed by atoms with Gasteiger partial charge in [-0.2, -0.15) is 5.26 Å². The third-order valence-electron chi connectivity index (χ3n) is 7.12. The highest BCUT2D eigenvalue weighted by atomic mass is 32.2. The van der Waals surface area contributed by atoms with E-state index in [2.05, 4.69) is 18.7 Å². The van der Waals surface area contributed by atoms with Gasteiger partial charge < -0.3 is 9.80 Å². The normalized spacial score (nSPS) is 15.7. The van der Waals surface area contributed by atoms with Crippen LogP contribution in [0.3, 0.4) is 0 Å². The standard InChI is InChI=1S/C29H33FN4O3S/c1-19(2)33-12-10-21(11-13-33)25-16-27-22(14-26(25)30)15-28(29(35)23(17-31)18-32(4)5)34(27)38(36,37)24-8-6-20(3)7-9-24/h6-9,14-16,18-19,21H,10-13H2,1-5H3/b23-18+. The zero-order chi connectivity index (χ0) is 27.8. The Morgan fingerprint density at radius 2 is 1.76 bits per heavy atom. The van der Waals surface area contributed by atoms with Crippen molar-refractivity contribution in [3.63, 3.8) is 0 Å². The topological polar surface area (TPSA) is 86.4 Å². The number of aromatic nitrogens is 1. The van der Waals surface area contributed by atoms with Crippen LogP contribution in [-0.4, -0.2) is 61.2 Å². The van der Waals surface area contributed by atoms with Crippen LogP contribution in [0.2, 0.25) is 0 Å². The smallest absolute Gasteiger partial charge is 0.268 e. The second-order valence-corrected chi connectivity index (χ2v) is 12.2. The van der Waals surface area contributed by atoms with E-state index in [1.165, 1.54) is 30.5 Å². The lowest BCUT2D eigenvalue weighted by atomic mass is 9.88. The molecule has 0 N–H and O–H groups in total. The second-order valence-electron chi connectivity index (χ2n) is 10.4. The minimum absolute atomic E-state index is 0.000799. The van der Waals surface area contributed by atoms with Crippen molar-refractivity contribution in [2.75, 3.05) is 27.2 Å². The summed E-state index contributed by atoms with van der Waals surface area (Å²) in [4.78, 5) is 17.4. The number of carbonyl (C=O) groups excluding carboxylic acids is 1. The molecule has 0 aliphatic carbocycles. The maximum atomic E-state index is 15.4. The van der Waals surface area contributed by atoms with Crippen molar-refractivity contribution in [2.45, 2.75) is 50.5 Å². The highest BCUT2D eigenvalue weighted by Crippen LogP contribution is 2.35. The molecule has 0 spiro atoms. The molecule has 200 valence electrons. The third kappa shape index (κ3) is 5.24. The molecular weight excluding hydrogens is 503 g/mol. The summed E-state index contributed by atoms with van der Waals surface area (Å²) in [6.45, 7) is 7.77. The summed E-state index contributed by atoms with van der Waals surface area (Å²) in [6, 6.07) is 12.8. The molecule has 9 heteroatoms. The average molecular weight is 537 g/mol. The first-order chi connectivity index (χ1) is 17.9. The fourth-order valence-electron chi connectivity index (χ4n) is 5.03. The first-order valence-corrected chi connectivity index (χ1v) is 14.1. The van der Waals surface area contributed by atoms with Gasteiger partial charge >= 0.3 is 0 Å². The SMILES string of the molecule is Cc1ccc(S(=O)(=O)n2c(C(=O)/C(C#N)=C/N(C)C)cc3cc(F)c(C4CCN(C(C)C)CC4)cc32)cc1. The first-order valence-electron chi connectivity index (χ1n) is 12.7. The lowest BCUT2D eigenvalue weighted by Gasteiger charge is -2.34. The quantitative estimate of drug-likeness (QED) is 0.238. The molecule has 1 saturated heterocycles. The number of carbonyl (C=O) groups is 1. The van der Waals surface area contributed by atoms with E-state index >= 15 is 4.39 Å². The minimum atomic E-state index is -4.25. The molecule has 2 heterocycles. The number of Topliss-reactive ketones (excluding diaryl/α,β-unsaturated/α-hetero) is 1. The number of likely N-dealkylation sites (tertiary alicyclic amines) is 1. The van der Waals surface area contributed by atoms with Crippen LogP contribution >= 0.6 is 0 Å². The van der Waals surface area contributed by atoms with Crippen molar-refractivity contribution < 1.29 is 17.6 Å². The number of nitriles is 1. The van der Waals surface area contributed by atoms with Crippen molar-refractivity contribution in [3.05, 3.63) is 76.9 Å². The van der Waals surface area contributed by atoms with Crippen molar-refractivity contribution in [1.29, 1.82) is 5.26 Å². The number of halogens is 1. The van der Waals surface area contributed by atoms with Crippen LogP contribution in [-0.2, 0) is 10.0 Å². The lowest BCUT2D eigenvalue weighted by molar-refractivity contribution is 0.103. The van der Waals surface area contributed by atoms with Crippen LogP contribution in [0.25, 0.3) is 10.9 Å². The molecule has 0 radical (unpaired) electrons. The molecule has 0 atom stereocenters. The summed E-state index contributed by atoms with van der Waals surface area (Å²) in [7, 11) is -0.926. The van der Waals surface area contributed by atoms with Gasteiger partial charge in [0.15, 0.2) is 0 Å². The zero-order valence-corrected chi connectivity index (χ0v) is 23.2. The van der Waals surface area contributed by atoms with Crippen molar-refractivity contribution in [1.82, 2.24) is 13.8 Å². The summed E-state index contributed by atoms with van der Waals surface area (Å²) in [5.74, 6) is -1.24. The molecule has 2 aromatic carbocycles. The number of aryl methyl sites for hydroxylation is 1. The van der Waals surface area contributed by atoms with E-state index in [1.54, 1.807) is 37.2 Å². The van der Waals surface area contributed by atoms with E-state index in [1.807, 2.05) is 13.0 Å². The molecule has 1 aromatic heterocycles. The number of allylic oxidation sites excluding steroid dienone is 1. The summed E-state index contributed by atoms with van der Waals surface area (Å²) in [6.07, 6.45) is 2.85. The molecule has 1 fully saturated rings. The van der Waals surface area contributed by atoms with Gasteiger partial charge in [0.25, 0.3) is 10.0 Å². The third-order valence-corrected chi connectivity index (χ3v) is 8.86. The fraction of sp³-hybridized carbons (Fsp3) is 0.379. The number of nitrogens with zero attached hydrogens (tertiary/aromatic N) is 4. The number of piperidine rings is 1. The van der Waals surface area contributed by atoms with Crippen LogP contribution in [0.1, 0.15) is 54.2 Å². The van der Waals surface area contributed by atoms with Gasteiger partial charge in [-0.05, 0) is 88.5 Å². The van der Waals surface area contributed by atoms with E-state index in [0.717, 1.165) is 35.5 Å². The lowest BCUT2D eigenvalue weighted by Crippen LogP contribution is -2.38. The number of rotatable bonds is 7. The fourth-order valence-corrected chi connectivity index (χ4v) is 6.53. The Labute approximate surface area is 223 Å². The predicted octanol–water partition coefficient (Wildman–Crippen LogP) is 5.07. The van der Waals surface area contributed by atoms with Crippen molar-refractivity contribution >= 4 is 26.7 Å². The minimum Gasteiger partial charge on any atom is -0.382 e. The Balaban J connectivity index is 1.93. The molecule has 1 aliphatic heterocycles. The van der Waals surface area contributed by atoms with E-state index in [0.29, 0.717) is 11.6 Å². The van der Waals surface area contributed by atoms with Crippen LogP contribution in [0.4, 0.5) is 4.39 Å². The highest BCUT2D eigenvalue weighted by molar-refractivity contribution is 7.90. The van der Waals surface area contributed by atoms with Crippen molar-refractivity contribution in [3.8, 4) is 6.07 Å². The molecule has 0 unspecified atom stereocenters. The predicted molar refractivity (Wildman–Crippen MR) is 146 cm³/mol. The zero-order valence-electron chi connectivity index (χ0n) is 22.4. The number of ketones is 1. The Bertz CT molecular complexity index is 1540. The van der Waals surface area contributed by atoms with E-state index < -0.39 is 21.6 Å². The van der Waals surface area contributed by atoms with Gasteiger partial charge in [-0.3, -0.25) is 4.79 Å². The van der Waals surface area contributed by atoms with Gasteiger partial charge in [0.05, 0.1) is 10.4 Å². The molecule has 4 rings (SSSR count). The first kappa shape index (κ1) is 27.6. The van der Waals surface area contributed by atoms with Crippen LogP contribution in [0.5, 0.6) is 0 Å². The number of hydrogen-bond acceptors (Lipinski definition) is 6. The van der Waals surface area contributed by atoms with Crippen LogP contribution in [0.15, 0.2) is 59.1 Å². The monoisotopic (exact) mass is 536 g/mol. The number of benzene rings is 2. The Morgan fingerprint density at radius 1 is 1.13 bits per heavy atom. The Kier molecular flexibility index (Phi) is 7.77. The van der Waals surface area contributed by atoms with Gasteiger partial charge in [-0.1, -0.05) is 17.7 Å². The highest BCUT2D eigenvalue weighted by Gasteiger charge is 2.31. The summed E-state index contributed by atoms with van der Waals surface area (Å²) in [5.41, 5.74) is 1.12. The molecule has 0 amide bonds. The van der Waals surface area contributed by atoms with Crippen LogP contribution in [0, 0.1) is 24.1 Å². The van der Waals surface area contributed by atoms with Gasteiger partial charge in [0, 0.05) is 31.7 Å². The Morgan fingerprint density at radius 3 is 2.32 bits per heavy atom. The Hall–Kier alpha value is -3.48. The van der Waals surface area contributed by atoms with Gasteiger partial charge in [0.1, 0.15) is 23.2 Å². The van der Waals surface area contributed by atoms with Crippen molar-refractivity contribution in [2.24, 2.45) is 0 Å². The molecular formula is C29H33FN4O3S. The maximum Gasteiger partial charge on any atom is 0.268 e. The number of fused-ring (bicyclic) bond motifs is 1. The molecule has 3 aromatic rings. The maximum absolute atomic E-state index is 15.4. The largest absolute Gasteiger partial charge is 0.382 e. The second kappa shape index (κ2) is 10.7. The molecule has 38 heavy (non-hydrogen) atoms. The molecule has 0 saturated carbocycles. The summed E-state index contributed by atoms with van der Waals surface area (Å²) in [5, 5.41) is 9.94. The van der Waals surface area contributed by atoms with E-state index in [4.69, 9.17) is 0 Å². The summed E-state index contributed by atoms with van der Waals surface area (Å²) >= 11 is 0.